The number of fused-ring (bicyclic) bond motifs is 8. The summed E-state index contributed by atoms with van der Waals surface area (Å²) in [6, 6.07) is 15.6. The number of nitrogens with one attached hydrogen (secondary N) is 1. The van der Waals surface area contributed by atoms with Crippen molar-refractivity contribution in [3.05, 3.63) is 248 Å². The maximum atomic E-state index is 12.2. The van der Waals surface area contributed by atoms with Crippen LogP contribution in [0.1, 0.15) is 340 Å². The molecule has 7 aliphatic rings. The van der Waals surface area contributed by atoms with Gasteiger partial charge in [0, 0.05) is 142 Å². The maximum absolute atomic E-state index is 12.2. The van der Waals surface area contributed by atoms with Gasteiger partial charge in [-0.05, 0) is 284 Å². The van der Waals surface area contributed by atoms with E-state index >= 15 is 0 Å². The number of aliphatic hydroxyl groups is 3. The Kier molecular flexibility index (Phi) is 63.0. The molecule has 6 radical (unpaired) electrons. The van der Waals surface area contributed by atoms with Crippen molar-refractivity contribution in [3.8, 4) is 0 Å². The number of carbonyl (C=O) groups excluding carboxylic acids is 2. The summed E-state index contributed by atoms with van der Waals surface area (Å²) < 4.78 is 31.0. The van der Waals surface area contributed by atoms with Crippen LogP contribution in [0.15, 0.2) is 109 Å². The molecule has 21 nitrogen and oxygen atoms in total. The first-order valence-corrected chi connectivity index (χ1v) is 50.9. The van der Waals surface area contributed by atoms with E-state index in [9.17, 15) is 29.4 Å². The zero-order valence-corrected chi connectivity index (χ0v) is 90.1. The Hall–Kier alpha value is -6.89. The fourth-order valence-corrected chi connectivity index (χ4v) is 20.0. The van der Waals surface area contributed by atoms with E-state index in [2.05, 4.69) is 102 Å². The molecular formula is C107H149B2N11Na2O10S6. The van der Waals surface area contributed by atoms with Crippen LogP contribution in [0.4, 0.5) is 17.1 Å². The van der Waals surface area contributed by atoms with Gasteiger partial charge < -0.3 is 64.1 Å². The summed E-state index contributed by atoms with van der Waals surface area (Å²) in [5.74, 6) is 0.896. The van der Waals surface area contributed by atoms with E-state index in [1.54, 1.807) is 35.6 Å². The Morgan fingerprint density at radius 2 is 0.877 bits per heavy atom. The monoisotopic (exact) mass is 2010 g/mol. The number of aromatic nitrogens is 8. The molecular weight excluding hydrogens is 1860 g/mol. The summed E-state index contributed by atoms with van der Waals surface area (Å²) in [7, 11) is 0. The fraction of sp³-hybridized carbons (Fsp3) is 0.542. The van der Waals surface area contributed by atoms with Crippen molar-refractivity contribution in [3.63, 3.8) is 0 Å². The van der Waals surface area contributed by atoms with Crippen LogP contribution in [0, 0.1) is 43.1 Å². The molecule has 1 aliphatic heterocycles. The average Bonchev–Trinajstić information content (AvgIpc) is 0.941. The third-order valence-corrected chi connectivity index (χ3v) is 27.5. The summed E-state index contributed by atoms with van der Waals surface area (Å²) in [5.41, 5.74) is 20.9. The topological polar surface area (TPSA) is 236 Å². The van der Waals surface area contributed by atoms with E-state index in [1.807, 2.05) is 55.5 Å². The molecule has 1 atom stereocenters. The minimum absolute atomic E-state index is 0. The Bertz CT molecular complexity index is 6010. The van der Waals surface area contributed by atoms with Crippen molar-refractivity contribution in [2.75, 3.05) is 19.8 Å². The summed E-state index contributed by atoms with van der Waals surface area (Å²) in [6.07, 6.45) is 51.3. The van der Waals surface area contributed by atoms with Gasteiger partial charge in [0.05, 0.1) is 43.5 Å². The van der Waals surface area contributed by atoms with E-state index in [1.165, 1.54) is 145 Å². The largest absolute Gasteiger partial charge is 1.00 e. The van der Waals surface area contributed by atoms with Crippen LogP contribution in [0.2, 0.25) is 0 Å². The summed E-state index contributed by atoms with van der Waals surface area (Å²) in [4.78, 5) is 65.7. The maximum Gasteiger partial charge on any atom is 1.00 e. The molecule has 0 spiro atoms. The normalized spacial score (nSPS) is 13.9. The predicted molar refractivity (Wildman–Crippen MR) is 575 cm³/mol. The third-order valence-electron chi connectivity index (χ3n) is 24.7. The standard InChI is InChI=1S/C21H24N2OS2.C14H18N2O2.C14H16N2O2.C14H18N2S.C14H21NOS.C14H19NOS.C7H5NOS.C4H8O.C2H6O.3CH4.2B.2Na.2H/c1-2-3-12-23-13-15-8-4-5-9-16(15)17(20(23)25)14-26-21-22-18-10-6-7-11-19(18)24-21;2*1-3-4-8-16-9-11-10(6-5-7-12(11)17)13(15-2)14(16)18;1-3-4-9-16-10-11-7-5-6-8-12(11)13(15-2)14(16)17;2*1-2-3-8-15-9-11-6-4-5-7-12(11)13(10-16)14(15)17;10-7-8-5-3-1-2-4-6(5)9-7;1-2-4-5-3-1;1-2-3;;;;;;;;;/h6-7,10-11,13H,2-5,8-9,12,14H2,1H3;9,12,17H,3-8H2,1H3;9H,3-8H2,1H3;10H,3-9H2,1H3;9,16H,2-8,10H2,1H3;9-10H,2-8H2,1H3;1-4H,(H,8,10);1-4H2;3H,2H2,1H3;3*1H4;;;;;;/q;;;;;;;;;;;;;;2*+1;2*-1. The molecule has 17 rings (SSSR count). The van der Waals surface area contributed by atoms with Crippen LogP contribution in [0.5, 0.6) is 0 Å². The minimum Gasteiger partial charge on any atom is -1.00 e. The number of ketones is 1. The van der Waals surface area contributed by atoms with Crippen molar-refractivity contribution in [2.45, 2.75) is 365 Å². The number of nitrogens with zero attached hydrogens (tertiary/aromatic N) is 10. The van der Waals surface area contributed by atoms with Crippen molar-refractivity contribution in [1.29, 1.82) is 0 Å². The SMILES string of the molecule is C.C.C.C1CCOC1.CCCCn1cc2c(c(C=O)c1=S)CCCC2.CCCCn1cc2c(c(CO)c1=S)CCCC2.CCCCn1cc2c(c(CSc3nc4ccccc4o3)c1=S)CCCC2.CCO.S=c1[nH]c2ccccc2o1.[B].[B].[C-]#[N+]c1c2c(cn(CCCC)c1=O)C(=O)CCC2.[C-]#[N+]c1c2c(cn(CCCC)c1=O)C(O)CCC2.[C-]#[N+]c1c2c(cn(CCCC)c1=S)CCCC2.[H-].[H-].[Na+].[Na+]. The van der Waals surface area contributed by atoms with E-state index in [-0.39, 0.29) is 143 Å². The first-order valence-electron chi connectivity index (χ1n) is 47.9. The number of Topliss-reactive ketones (excluding diaryl/α,β-unsaturated/α-hetero) is 1. The van der Waals surface area contributed by atoms with Gasteiger partial charge in [0.1, 0.15) is 24.1 Å². The molecule has 736 valence electrons. The van der Waals surface area contributed by atoms with Crippen LogP contribution in [0.3, 0.4) is 0 Å². The third kappa shape index (κ3) is 35.9. The van der Waals surface area contributed by atoms with Gasteiger partial charge in [-0.3, -0.25) is 19.2 Å². The molecule has 0 saturated carbocycles. The molecule has 6 aliphatic carbocycles. The number of aldehydes is 1. The number of H-pyrrole nitrogens is 1. The van der Waals surface area contributed by atoms with Gasteiger partial charge in [-0.25, -0.2) is 19.5 Å². The number of benzene rings is 2. The number of unbranched alkanes of at least 4 members (excludes halogenated alkanes) is 6. The molecule has 4 N–H and O–H groups in total. The van der Waals surface area contributed by atoms with Gasteiger partial charge in [-0.15, -0.1) is 0 Å². The second-order valence-electron chi connectivity index (χ2n) is 34.2. The summed E-state index contributed by atoms with van der Waals surface area (Å²) in [6.45, 7) is 43.7. The second kappa shape index (κ2) is 68.4. The van der Waals surface area contributed by atoms with Crippen LogP contribution < -0.4 is 70.2 Å². The van der Waals surface area contributed by atoms with Gasteiger partial charge in [0.2, 0.25) is 5.69 Å². The van der Waals surface area contributed by atoms with Crippen molar-refractivity contribution < 1.29 is 100 Å². The van der Waals surface area contributed by atoms with Crippen LogP contribution in [-0.4, -0.2) is 101 Å². The van der Waals surface area contributed by atoms with Crippen LogP contribution in [-0.2, 0) is 121 Å². The fourth-order valence-electron chi connectivity index (χ4n) is 17.5. The molecule has 2 aromatic carbocycles. The van der Waals surface area contributed by atoms with E-state index < -0.39 is 6.10 Å². The number of rotatable bonds is 23. The number of aromatic amines is 1. The number of hydrogen-bond donors (Lipinski definition) is 4. The van der Waals surface area contributed by atoms with Crippen molar-refractivity contribution >= 4 is 141 Å². The first kappa shape index (κ1) is 127. The molecule has 138 heavy (non-hydrogen) atoms. The van der Waals surface area contributed by atoms with E-state index in [0.29, 0.717) is 41.9 Å². The second-order valence-corrected chi connectivity index (χ2v) is 37.0. The zero-order chi connectivity index (χ0) is 94.1. The van der Waals surface area contributed by atoms with E-state index in [4.69, 9.17) is 99.5 Å². The quantitative estimate of drug-likeness (QED) is 0.0153. The molecule has 10 aromatic rings. The Labute approximate surface area is 902 Å². The molecule has 1 fully saturated rings. The van der Waals surface area contributed by atoms with Crippen molar-refractivity contribution in [1.82, 2.24) is 37.4 Å². The number of thioether (sulfide) groups is 1. The van der Waals surface area contributed by atoms with Gasteiger partial charge in [-0.1, -0.05) is 194 Å². The number of hydrogen-bond acceptors (Lipinski definition) is 17. The van der Waals surface area contributed by atoms with Crippen LogP contribution >= 0.6 is 72.9 Å². The molecule has 1 unspecified atom stereocenters. The molecule has 0 bridgehead atoms. The molecule has 31 heteroatoms. The van der Waals surface area contributed by atoms with Gasteiger partial charge >= 0.3 is 59.1 Å². The van der Waals surface area contributed by atoms with Gasteiger partial charge in [-0.2, -0.15) is 0 Å². The Balaban J connectivity index is 0.00000159. The minimum atomic E-state index is -0.525. The number of ether oxygens (including phenoxy) is 1. The predicted octanol–water partition coefficient (Wildman–Crippen LogP) is 21.8. The summed E-state index contributed by atoms with van der Waals surface area (Å²) in [5, 5.41) is 27.8. The zero-order valence-electron chi connectivity index (χ0n) is 83.2. The number of pyridine rings is 6. The average molecular weight is 2010 g/mol. The van der Waals surface area contributed by atoms with Crippen molar-refractivity contribution in [2.24, 2.45) is 0 Å². The molecule has 0 amide bonds. The molecule has 1 saturated heterocycles. The van der Waals surface area contributed by atoms with E-state index in [0.717, 1.165) is 254 Å². The van der Waals surface area contributed by atoms with Gasteiger partial charge in [0.25, 0.3) is 32.6 Å². The number of oxazole rings is 2. The van der Waals surface area contributed by atoms with Crippen LogP contribution in [0.25, 0.3) is 36.7 Å². The first-order chi connectivity index (χ1) is 63.7. The number of aliphatic hydroxyl groups excluding tert-OH is 3. The number of para-hydroxylation sites is 4. The summed E-state index contributed by atoms with van der Waals surface area (Å²) >= 11 is 28.7. The van der Waals surface area contributed by atoms with Gasteiger partial charge in [0.15, 0.2) is 23.2 Å². The number of carbonyl (C=O) groups is 2. The smallest absolute Gasteiger partial charge is 1.00 e. The number of aryl methyl sites for hydroxylation is 10. The molecule has 9 heterocycles. The molecule has 8 aromatic heterocycles. The Morgan fingerprint density at radius 3 is 1.35 bits per heavy atom. The Morgan fingerprint density at radius 1 is 0.471 bits per heavy atom.